The molecule has 3 fully saturated rings. The van der Waals surface area contributed by atoms with Crippen LogP contribution in [0, 0.1) is 0 Å². The molecule has 0 aromatic heterocycles. The second-order valence-corrected chi connectivity index (χ2v) is 7.20. The predicted molar refractivity (Wildman–Crippen MR) is 75.7 cm³/mol. The predicted octanol–water partition coefficient (Wildman–Crippen LogP) is -4.52. The third-order valence-electron chi connectivity index (χ3n) is 4.43. The first-order chi connectivity index (χ1) is 12.1. The summed E-state index contributed by atoms with van der Waals surface area (Å²) in [6, 6.07) is 0. The van der Waals surface area contributed by atoms with Gasteiger partial charge in [0.05, 0.1) is 13.2 Å². The Morgan fingerprint density at radius 3 is 2.31 bits per heavy atom. The molecule has 6 unspecified atom stereocenters. The second-order valence-electron chi connectivity index (χ2n) is 6.15. The fraction of sp³-hybridized carbons (Fsp3) is 1.00. The van der Waals surface area contributed by atoms with E-state index in [9.17, 15) is 34.0 Å². The van der Waals surface area contributed by atoms with E-state index in [0.29, 0.717) is 0 Å². The van der Waals surface area contributed by atoms with E-state index in [0.717, 1.165) is 0 Å². The molecule has 13 nitrogen and oxygen atoms in total. The molecule has 0 radical (unpaired) electrons. The van der Waals surface area contributed by atoms with Crippen LogP contribution in [0.1, 0.15) is 0 Å². The van der Waals surface area contributed by atoms with Gasteiger partial charge in [0.25, 0.3) is 0 Å². The van der Waals surface area contributed by atoms with Gasteiger partial charge in [-0.1, -0.05) is 0 Å². The van der Waals surface area contributed by atoms with E-state index in [1.54, 1.807) is 0 Å². The van der Waals surface area contributed by atoms with E-state index >= 15 is 0 Å². The normalized spacial score (nSPS) is 49.3. The van der Waals surface area contributed by atoms with Crippen molar-refractivity contribution in [3.8, 4) is 0 Å². The average molecular weight is 404 g/mol. The summed E-state index contributed by atoms with van der Waals surface area (Å²) in [6.07, 6.45) is -14.2. The number of rotatable bonds is 5. The first-order valence-electron chi connectivity index (χ1n) is 7.69. The molecule has 3 aliphatic heterocycles. The highest BCUT2D eigenvalue weighted by atomic mass is 32.3. The lowest BCUT2D eigenvalue weighted by atomic mass is 9.98. The standard InChI is InChI=1S/C12H20O13S/c13-1-3-8(25-26(18,19)20)5(14)6(15)12(23-3)24-9-4-2-21-10(9)7(16)11(17)22-4/h3-17H,1-2H2,(H,18,19,20)/t3?,4?,5?,6?,7?,8-,9-,10?,11-,12-/m0/s1. The maximum Gasteiger partial charge on any atom is 0.397 e. The molecule has 0 saturated carbocycles. The number of hydrogen-bond acceptors (Lipinski definition) is 12. The summed E-state index contributed by atoms with van der Waals surface area (Å²) in [5.74, 6) is 0. The van der Waals surface area contributed by atoms with Crippen molar-refractivity contribution in [3.05, 3.63) is 0 Å². The van der Waals surface area contributed by atoms with Gasteiger partial charge in [-0.3, -0.25) is 4.55 Å². The van der Waals surface area contributed by atoms with Crippen LogP contribution in [0.3, 0.4) is 0 Å². The van der Waals surface area contributed by atoms with Crippen molar-refractivity contribution in [3.63, 3.8) is 0 Å². The van der Waals surface area contributed by atoms with Crippen LogP contribution in [-0.2, 0) is 33.5 Å². The summed E-state index contributed by atoms with van der Waals surface area (Å²) in [5, 5.41) is 48.9. The molecule has 0 spiro atoms. The zero-order valence-corrected chi connectivity index (χ0v) is 14.0. The number of aliphatic hydroxyl groups is 5. The van der Waals surface area contributed by atoms with Gasteiger partial charge in [-0.2, -0.15) is 8.42 Å². The van der Waals surface area contributed by atoms with Crippen LogP contribution in [0.5, 0.6) is 0 Å². The van der Waals surface area contributed by atoms with Crippen LogP contribution >= 0.6 is 0 Å². The lowest BCUT2D eigenvalue weighted by Crippen LogP contribution is -2.63. The lowest BCUT2D eigenvalue weighted by molar-refractivity contribution is -0.334. The van der Waals surface area contributed by atoms with E-state index in [-0.39, 0.29) is 6.61 Å². The van der Waals surface area contributed by atoms with E-state index in [2.05, 4.69) is 4.18 Å². The van der Waals surface area contributed by atoms with Gasteiger partial charge in [-0.05, 0) is 0 Å². The third kappa shape index (κ3) is 3.87. The third-order valence-corrected chi connectivity index (χ3v) is 4.90. The highest BCUT2D eigenvalue weighted by Crippen LogP contribution is 2.34. The smallest absolute Gasteiger partial charge is 0.394 e. The maximum absolute atomic E-state index is 10.9. The van der Waals surface area contributed by atoms with Crippen molar-refractivity contribution >= 4 is 10.4 Å². The van der Waals surface area contributed by atoms with Gasteiger partial charge < -0.3 is 44.5 Å². The molecule has 3 heterocycles. The first kappa shape index (κ1) is 20.2. The molecule has 6 N–H and O–H groups in total. The van der Waals surface area contributed by atoms with Crippen LogP contribution in [0.2, 0.25) is 0 Å². The van der Waals surface area contributed by atoms with E-state index in [1.807, 2.05) is 0 Å². The molecule has 0 aliphatic carbocycles. The summed E-state index contributed by atoms with van der Waals surface area (Å²) in [4.78, 5) is 0. The molecule has 0 amide bonds. The zero-order chi connectivity index (χ0) is 19.2. The number of fused-ring (bicyclic) bond motifs is 2. The number of ether oxygens (including phenoxy) is 4. The minimum atomic E-state index is -4.99. The maximum atomic E-state index is 10.9. The van der Waals surface area contributed by atoms with Crippen LogP contribution < -0.4 is 0 Å². The van der Waals surface area contributed by atoms with Gasteiger partial charge in [0.15, 0.2) is 12.6 Å². The Labute approximate surface area is 147 Å². The quantitative estimate of drug-likeness (QED) is 0.239. The zero-order valence-electron chi connectivity index (χ0n) is 13.1. The molecule has 26 heavy (non-hydrogen) atoms. The highest BCUT2D eigenvalue weighted by molar-refractivity contribution is 7.80. The minimum Gasteiger partial charge on any atom is -0.394 e. The minimum absolute atomic E-state index is 0.00720. The van der Waals surface area contributed by atoms with Crippen molar-refractivity contribution in [1.29, 1.82) is 0 Å². The molecule has 152 valence electrons. The van der Waals surface area contributed by atoms with Crippen molar-refractivity contribution in [2.45, 2.75) is 61.4 Å². The van der Waals surface area contributed by atoms with E-state index in [1.165, 1.54) is 0 Å². The van der Waals surface area contributed by atoms with E-state index in [4.69, 9.17) is 23.5 Å². The van der Waals surface area contributed by atoms with Crippen LogP contribution in [0.4, 0.5) is 0 Å². The van der Waals surface area contributed by atoms with Crippen LogP contribution in [0.25, 0.3) is 0 Å². The topological polar surface area (TPSA) is 202 Å². The second kappa shape index (κ2) is 7.50. The van der Waals surface area contributed by atoms with Gasteiger partial charge in [0.2, 0.25) is 0 Å². The first-order valence-corrected chi connectivity index (χ1v) is 9.05. The highest BCUT2D eigenvalue weighted by Gasteiger charge is 2.55. The summed E-state index contributed by atoms with van der Waals surface area (Å²) in [6.45, 7) is -0.831. The molecule has 2 bridgehead atoms. The number of hydrogen-bond donors (Lipinski definition) is 6. The van der Waals surface area contributed by atoms with Gasteiger partial charge in [0.1, 0.15) is 48.8 Å². The van der Waals surface area contributed by atoms with Crippen molar-refractivity contribution < 1.29 is 61.6 Å². The molecule has 0 aromatic rings. The molecular weight excluding hydrogens is 384 g/mol. The molecule has 10 atom stereocenters. The average Bonchev–Trinajstić information content (AvgIpc) is 2.87. The van der Waals surface area contributed by atoms with Crippen molar-refractivity contribution in [2.75, 3.05) is 13.2 Å². The van der Waals surface area contributed by atoms with Crippen LogP contribution in [0.15, 0.2) is 0 Å². The Morgan fingerprint density at radius 1 is 1.00 bits per heavy atom. The molecule has 3 rings (SSSR count). The molecular formula is C12H20O13S. The van der Waals surface area contributed by atoms with Gasteiger partial charge >= 0.3 is 10.4 Å². The van der Waals surface area contributed by atoms with Crippen LogP contribution in [-0.4, -0.2) is 113 Å². The Bertz CT molecular complexity index is 596. The summed E-state index contributed by atoms with van der Waals surface area (Å²) in [5.41, 5.74) is 0. The van der Waals surface area contributed by atoms with Crippen molar-refractivity contribution in [1.82, 2.24) is 0 Å². The lowest BCUT2D eigenvalue weighted by Gasteiger charge is -2.43. The fourth-order valence-electron chi connectivity index (χ4n) is 3.18. The molecule has 14 heteroatoms. The van der Waals surface area contributed by atoms with Crippen molar-refractivity contribution in [2.24, 2.45) is 0 Å². The molecule has 3 saturated heterocycles. The summed E-state index contributed by atoms with van der Waals surface area (Å²) < 4.78 is 55.8. The monoisotopic (exact) mass is 404 g/mol. The Hall–Kier alpha value is -0.490. The fourth-order valence-corrected chi connectivity index (χ4v) is 3.70. The van der Waals surface area contributed by atoms with Gasteiger partial charge in [0, 0.05) is 0 Å². The number of aliphatic hydroxyl groups excluding tert-OH is 5. The SMILES string of the molecule is O=S(=O)(O)O[C@H]1C(CO)O[C@@H](O[C@H]2C3COC2C(O)[C@@H](O)O3)C(O)C1O. The van der Waals surface area contributed by atoms with E-state index < -0.39 is 78.4 Å². The Morgan fingerprint density at radius 2 is 1.69 bits per heavy atom. The Kier molecular flexibility index (Phi) is 5.84. The largest absolute Gasteiger partial charge is 0.397 e. The Balaban J connectivity index is 1.72. The summed E-state index contributed by atoms with van der Waals surface area (Å²) >= 11 is 0. The van der Waals surface area contributed by atoms with Gasteiger partial charge in [-0.25, -0.2) is 4.18 Å². The molecule has 3 aliphatic rings. The summed E-state index contributed by atoms with van der Waals surface area (Å²) in [7, 11) is -4.99. The molecule has 0 aromatic carbocycles. The van der Waals surface area contributed by atoms with Gasteiger partial charge in [-0.15, -0.1) is 0 Å².